The van der Waals surface area contributed by atoms with Crippen molar-refractivity contribution in [1.82, 2.24) is 4.98 Å². The molecule has 80 valence electrons. The van der Waals surface area contributed by atoms with E-state index >= 15 is 0 Å². The molecule has 2 aromatic rings. The van der Waals surface area contributed by atoms with Gasteiger partial charge in [0, 0.05) is 10.7 Å². The summed E-state index contributed by atoms with van der Waals surface area (Å²) in [5, 5.41) is -0.444. The van der Waals surface area contributed by atoms with Crippen molar-refractivity contribution >= 4 is 30.8 Å². The number of fused-ring (bicyclic) bond motifs is 1. The van der Waals surface area contributed by atoms with E-state index in [-0.39, 0.29) is 0 Å². The van der Waals surface area contributed by atoms with Gasteiger partial charge in [0.15, 0.2) is 5.58 Å². The Balaban J connectivity index is 2.76. The van der Waals surface area contributed by atoms with Crippen molar-refractivity contribution < 1.29 is 12.8 Å². The zero-order valence-corrected chi connectivity index (χ0v) is 9.47. The van der Waals surface area contributed by atoms with Crippen molar-refractivity contribution in [2.24, 2.45) is 0 Å². The van der Waals surface area contributed by atoms with Crippen molar-refractivity contribution in [2.45, 2.75) is 18.6 Å². The molecule has 0 amide bonds. The van der Waals surface area contributed by atoms with Crippen molar-refractivity contribution in [1.29, 1.82) is 0 Å². The first-order valence-corrected chi connectivity index (χ1v) is 6.66. The van der Waals surface area contributed by atoms with Crippen LogP contribution in [0, 0.1) is 0 Å². The molecule has 0 saturated carbocycles. The quantitative estimate of drug-likeness (QED) is 0.762. The third-order valence-electron chi connectivity index (χ3n) is 2.07. The predicted octanol–water partition coefficient (Wildman–Crippen LogP) is 2.32. The Morgan fingerprint density at radius 3 is 2.80 bits per heavy atom. The second-order valence-corrected chi connectivity index (χ2v) is 5.48. The maximum absolute atomic E-state index is 11.0. The van der Waals surface area contributed by atoms with Crippen LogP contribution in [0.25, 0.3) is 11.1 Å². The summed E-state index contributed by atoms with van der Waals surface area (Å²) in [5.74, 6) is 0. The highest BCUT2D eigenvalue weighted by Gasteiger charge is 2.19. The predicted molar refractivity (Wildman–Crippen MR) is 56.4 cm³/mol. The van der Waals surface area contributed by atoms with Gasteiger partial charge in [-0.15, -0.1) is 0 Å². The Morgan fingerprint density at radius 1 is 1.47 bits per heavy atom. The summed E-state index contributed by atoms with van der Waals surface area (Å²) >= 11 is 0. The Hall–Kier alpha value is -1.07. The maximum atomic E-state index is 11.0. The smallest absolute Gasteiger partial charge is 0.332 e. The highest BCUT2D eigenvalue weighted by Crippen LogP contribution is 2.24. The van der Waals surface area contributed by atoms with Crippen LogP contribution in [-0.4, -0.2) is 13.4 Å². The molecule has 0 saturated heterocycles. The summed E-state index contributed by atoms with van der Waals surface area (Å²) in [6.07, 6.45) is 0.756. The largest absolute Gasteiger partial charge is 0.427 e. The molecule has 0 spiro atoms. The van der Waals surface area contributed by atoms with Gasteiger partial charge in [-0.3, -0.25) is 0 Å². The molecular weight excluding hydrogens is 238 g/mol. The summed E-state index contributed by atoms with van der Waals surface area (Å²) in [5.41, 5.74) is 1.93. The molecule has 0 aliphatic heterocycles. The number of para-hydroxylation sites is 1. The first-order chi connectivity index (χ1) is 7.02. The number of rotatable bonds is 2. The Morgan fingerprint density at radius 2 is 2.20 bits per heavy atom. The third kappa shape index (κ3) is 1.85. The minimum Gasteiger partial charge on any atom is -0.427 e. The van der Waals surface area contributed by atoms with E-state index in [4.69, 9.17) is 15.1 Å². The zero-order valence-electron chi connectivity index (χ0n) is 7.90. The monoisotopic (exact) mass is 245 g/mol. The van der Waals surface area contributed by atoms with Crippen molar-refractivity contribution in [3.05, 3.63) is 23.8 Å². The summed E-state index contributed by atoms with van der Waals surface area (Å²) < 4.78 is 27.1. The number of aryl methyl sites for hydroxylation is 1. The Labute approximate surface area is 91.3 Å². The van der Waals surface area contributed by atoms with Gasteiger partial charge in [0.1, 0.15) is 5.52 Å². The van der Waals surface area contributed by atoms with Crippen LogP contribution in [0.4, 0.5) is 0 Å². The molecule has 1 aromatic heterocycles. The van der Waals surface area contributed by atoms with E-state index in [2.05, 4.69) is 4.98 Å². The van der Waals surface area contributed by atoms with E-state index < -0.39 is 14.3 Å². The van der Waals surface area contributed by atoms with Gasteiger partial charge < -0.3 is 4.42 Å². The summed E-state index contributed by atoms with van der Waals surface area (Å²) in [6, 6.07) is 5.32. The minimum absolute atomic E-state index is 0.438. The average Bonchev–Trinajstić information content (AvgIpc) is 2.59. The van der Waals surface area contributed by atoms with Gasteiger partial charge in [-0.05, 0) is 18.1 Å². The van der Waals surface area contributed by atoms with Gasteiger partial charge in [-0.2, -0.15) is 4.98 Å². The fourth-order valence-electron chi connectivity index (χ4n) is 1.37. The van der Waals surface area contributed by atoms with Crippen LogP contribution < -0.4 is 0 Å². The lowest BCUT2D eigenvalue weighted by molar-refractivity contribution is 0.464. The van der Waals surface area contributed by atoms with E-state index in [0.717, 1.165) is 12.0 Å². The number of hydrogen-bond acceptors (Lipinski definition) is 4. The molecular formula is C9H8ClNO3S. The van der Waals surface area contributed by atoms with E-state index in [1.165, 1.54) is 0 Å². The molecule has 1 heterocycles. The first kappa shape index (κ1) is 10.4. The van der Waals surface area contributed by atoms with Gasteiger partial charge >= 0.3 is 14.3 Å². The second-order valence-electron chi connectivity index (χ2n) is 3.04. The molecule has 2 rings (SSSR count). The van der Waals surface area contributed by atoms with Gasteiger partial charge in [0.2, 0.25) is 0 Å². The summed E-state index contributed by atoms with van der Waals surface area (Å²) in [6.45, 7) is 1.96. The lowest BCUT2D eigenvalue weighted by atomic mass is 10.1. The number of oxazole rings is 1. The fourth-order valence-corrected chi connectivity index (χ4v) is 1.96. The lowest BCUT2D eigenvalue weighted by Gasteiger charge is -1.93. The van der Waals surface area contributed by atoms with Crippen molar-refractivity contribution in [3.8, 4) is 0 Å². The van der Waals surface area contributed by atoms with E-state index in [1.807, 2.05) is 13.0 Å². The molecule has 0 fully saturated rings. The lowest BCUT2D eigenvalue weighted by Crippen LogP contribution is -1.89. The number of halogens is 1. The average molecular weight is 246 g/mol. The molecule has 0 radical (unpaired) electrons. The third-order valence-corrected chi connectivity index (χ3v) is 3.06. The Bertz CT molecular complexity index is 603. The minimum atomic E-state index is -3.90. The molecule has 1 aromatic carbocycles. The highest BCUT2D eigenvalue weighted by molar-refractivity contribution is 8.13. The van der Waals surface area contributed by atoms with E-state index in [9.17, 15) is 8.42 Å². The topological polar surface area (TPSA) is 60.2 Å². The number of aromatic nitrogens is 1. The molecule has 0 atom stereocenters. The van der Waals surface area contributed by atoms with Crippen LogP contribution in [0.2, 0.25) is 0 Å². The van der Waals surface area contributed by atoms with Gasteiger partial charge in [0.25, 0.3) is 0 Å². The van der Waals surface area contributed by atoms with Crippen molar-refractivity contribution in [3.63, 3.8) is 0 Å². The van der Waals surface area contributed by atoms with Crippen LogP contribution >= 0.6 is 10.7 Å². The van der Waals surface area contributed by atoms with E-state index in [0.29, 0.717) is 11.1 Å². The molecule has 15 heavy (non-hydrogen) atoms. The molecule has 0 aliphatic carbocycles. The summed E-state index contributed by atoms with van der Waals surface area (Å²) in [4.78, 5) is 3.87. The maximum Gasteiger partial charge on any atom is 0.332 e. The molecule has 0 N–H and O–H groups in total. The SMILES string of the molecule is CCc1cccc2oc(S(=O)(=O)Cl)nc12. The van der Waals surface area contributed by atoms with Gasteiger partial charge in [-0.25, -0.2) is 8.42 Å². The van der Waals surface area contributed by atoms with Crippen LogP contribution in [-0.2, 0) is 15.5 Å². The highest BCUT2D eigenvalue weighted by atomic mass is 35.7. The van der Waals surface area contributed by atoms with Crippen molar-refractivity contribution in [2.75, 3.05) is 0 Å². The molecule has 0 unspecified atom stereocenters. The van der Waals surface area contributed by atoms with E-state index in [1.54, 1.807) is 12.1 Å². The molecule has 4 nitrogen and oxygen atoms in total. The molecule has 0 aliphatic rings. The normalized spacial score (nSPS) is 12.1. The van der Waals surface area contributed by atoms with Gasteiger partial charge in [0.05, 0.1) is 0 Å². The number of hydrogen-bond donors (Lipinski definition) is 0. The standard InChI is InChI=1S/C9H8ClNO3S/c1-2-6-4-3-5-7-8(6)11-9(14-7)15(10,12)13/h3-5H,2H2,1H3. The zero-order chi connectivity index (χ0) is 11.1. The number of benzene rings is 1. The number of nitrogens with zero attached hydrogens (tertiary/aromatic N) is 1. The molecule has 6 heteroatoms. The van der Waals surface area contributed by atoms with Gasteiger partial charge in [-0.1, -0.05) is 19.1 Å². The Kier molecular flexibility index (Phi) is 2.44. The van der Waals surface area contributed by atoms with Crippen LogP contribution in [0.3, 0.4) is 0 Å². The van der Waals surface area contributed by atoms with Crippen LogP contribution in [0.15, 0.2) is 27.8 Å². The summed E-state index contributed by atoms with van der Waals surface area (Å²) in [7, 11) is 1.25. The van der Waals surface area contributed by atoms with Crippen LogP contribution in [0.1, 0.15) is 12.5 Å². The molecule has 0 bridgehead atoms. The second kappa shape index (κ2) is 3.50. The first-order valence-electron chi connectivity index (χ1n) is 4.35. The van der Waals surface area contributed by atoms with Crippen LogP contribution in [0.5, 0.6) is 0 Å². The fraction of sp³-hybridized carbons (Fsp3) is 0.222.